The van der Waals surface area contributed by atoms with Gasteiger partial charge in [0.25, 0.3) is 0 Å². The summed E-state index contributed by atoms with van der Waals surface area (Å²) in [5.41, 5.74) is 1.13. The summed E-state index contributed by atoms with van der Waals surface area (Å²) < 4.78 is 44.1. The average Bonchev–Trinajstić information content (AvgIpc) is 3.28. The van der Waals surface area contributed by atoms with Gasteiger partial charge in [0.15, 0.2) is 0 Å². The lowest BCUT2D eigenvalue weighted by Gasteiger charge is -2.10. The number of carbonyl (C=O) groups is 1. The number of carbonyl (C=O) groups excluding carboxylic acids is 1. The van der Waals surface area contributed by atoms with Gasteiger partial charge in [0.1, 0.15) is 17.2 Å². The van der Waals surface area contributed by atoms with Crippen molar-refractivity contribution in [1.29, 1.82) is 0 Å². The molecule has 0 radical (unpaired) electrons. The third-order valence-corrected chi connectivity index (χ3v) is 4.70. The summed E-state index contributed by atoms with van der Waals surface area (Å²) in [7, 11) is 0. The van der Waals surface area contributed by atoms with Crippen LogP contribution in [0, 0.1) is 0 Å². The molecule has 0 saturated carbocycles. The van der Waals surface area contributed by atoms with Crippen molar-refractivity contribution in [1.82, 2.24) is 15.3 Å². The van der Waals surface area contributed by atoms with E-state index in [-0.39, 0.29) is 17.9 Å². The van der Waals surface area contributed by atoms with E-state index in [2.05, 4.69) is 15.3 Å². The van der Waals surface area contributed by atoms with E-state index in [1.54, 1.807) is 13.0 Å². The number of halogens is 3. The Hall–Kier alpha value is -3.29. The van der Waals surface area contributed by atoms with Crippen molar-refractivity contribution in [2.45, 2.75) is 32.0 Å². The highest BCUT2D eigenvalue weighted by Gasteiger charge is 2.31. The van der Waals surface area contributed by atoms with Crippen molar-refractivity contribution in [3.8, 4) is 0 Å². The second-order valence-electron chi connectivity index (χ2n) is 6.89. The van der Waals surface area contributed by atoms with Crippen molar-refractivity contribution in [3.05, 3.63) is 65.7 Å². The van der Waals surface area contributed by atoms with E-state index in [4.69, 9.17) is 4.42 Å². The fourth-order valence-corrected chi connectivity index (χ4v) is 3.18. The standard InChI is InChI=1S/C21H18F3N3O2/c1-12(17-10-13-6-7-14(21(22,23)24)11-18(13)29-17)25-20(28)9-8-19-26-15-4-2-3-5-16(15)27-19/h2-7,10-12H,8-9H2,1H3,(H,25,28)(H,26,27). The highest BCUT2D eigenvalue weighted by Crippen LogP contribution is 2.33. The van der Waals surface area contributed by atoms with Gasteiger partial charge in [-0.15, -0.1) is 0 Å². The molecule has 2 heterocycles. The van der Waals surface area contributed by atoms with Crippen LogP contribution in [-0.4, -0.2) is 15.9 Å². The summed E-state index contributed by atoms with van der Waals surface area (Å²) >= 11 is 0. The lowest BCUT2D eigenvalue weighted by molar-refractivity contribution is -0.137. The SMILES string of the molecule is CC(NC(=O)CCc1nc2ccccc2[nH]1)c1cc2ccc(C(F)(F)F)cc2o1. The molecule has 29 heavy (non-hydrogen) atoms. The van der Waals surface area contributed by atoms with Gasteiger partial charge in [-0.2, -0.15) is 13.2 Å². The van der Waals surface area contributed by atoms with E-state index < -0.39 is 17.8 Å². The summed E-state index contributed by atoms with van der Waals surface area (Å²) in [6.07, 6.45) is -3.76. The molecule has 150 valence electrons. The number of aryl methyl sites for hydroxylation is 1. The summed E-state index contributed by atoms with van der Waals surface area (Å²) in [5.74, 6) is 0.920. The molecule has 2 N–H and O–H groups in total. The third-order valence-electron chi connectivity index (χ3n) is 4.70. The number of aromatic amines is 1. The smallest absolute Gasteiger partial charge is 0.416 e. The highest BCUT2D eigenvalue weighted by molar-refractivity contribution is 5.80. The number of imidazole rings is 1. The number of alkyl halides is 3. The molecule has 1 atom stereocenters. The molecular weight excluding hydrogens is 383 g/mol. The zero-order valence-corrected chi connectivity index (χ0v) is 15.5. The van der Waals surface area contributed by atoms with Gasteiger partial charge in [0.05, 0.1) is 22.6 Å². The maximum absolute atomic E-state index is 12.8. The van der Waals surface area contributed by atoms with Gasteiger partial charge in [-0.3, -0.25) is 4.79 Å². The zero-order chi connectivity index (χ0) is 20.6. The Morgan fingerprint density at radius 3 is 2.76 bits per heavy atom. The third kappa shape index (κ3) is 4.11. The maximum atomic E-state index is 12.8. The van der Waals surface area contributed by atoms with Gasteiger partial charge >= 0.3 is 6.18 Å². The number of rotatable bonds is 5. The molecule has 0 aliphatic rings. The zero-order valence-electron chi connectivity index (χ0n) is 15.5. The Morgan fingerprint density at radius 2 is 2.00 bits per heavy atom. The number of fused-ring (bicyclic) bond motifs is 2. The molecule has 8 heteroatoms. The average molecular weight is 401 g/mol. The minimum absolute atomic E-state index is 0.137. The largest absolute Gasteiger partial charge is 0.459 e. The minimum Gasteiger partial charge on any atom is -0.459 e. The van der Waals surface area contributed by atoms with Crippen LogP contribution in [0.1, 0.15) is 36.5 Å². The number of hydrogen-bond donors (Lipinski definition) is 2. The number of para-hydroxylation sites is 2. The van der Waals surface area contributed by atoms with Crippen molar-refractivity contribution < 1.29 is 22.4 Å². The van der Waals surface area contributed by atoms with Gasteiger partial charge < -0.3 is 14.7 Å². The van der Waals surface area contributed by atoms with Crippen molar-refractivity contribution in [3.63, 3.8) is 0 Å². The number of furan rings is 1. The second kappa shape index (κ2) is 7.27. The second-order valence-corrected chi connectivity index (χ2v) is 6.89. The van der Waals surface area contributed by atoms with E-state index in [0.29, 0.717) is 17.6 Å². The number of nitrogens with one attached hydrogen (secondary N) is 2. The lowest BCUT2D eigenvalue weighted by Crippen LogP contribution is -2.26. The first-order chi connectivity index (χ1) is 13.8. The quantitative estimate of drug-likeness (QED) is 0.487. The van der Waals surface area contributed by atoms with Crippen LogP contribution in [0.4, 0.5) is 13.2 Å². The van der Waals surface area contributed by atoms with Crippen LogP contribution in [-0.2, 0) is 17.4 Å². The van der Waals surface area contributed by atoms with Crippen LogP contribution in [0.15, 0.2) is 52.9 Å². The van der Waals surface area contributed by atoms with Crippen LogP contribution < -0.4 is 5.32 Å². The molecule has 0 aliphatic heterocycles. The topological polar surface area (TPSA) is 70.9 Å². The first-order valence-corrected chi connectivity index (χ1v) is 9.13. The van der Waals surface area contributed by atoms with E-state index in [1.165, 1.54) is 6.07 Å². The Balaban J connectivity index is 1.40. The summed E-state index contributed by atoms with van der Waals surface area (Å²) in [4.78, 5) is 19.9. The molecule has 1 unspecified atom stereocenters. The maximum Gasteiger partial charge on any atom is 0.416 e. The molecule has 4 rings (SSSR count). The molecule has 0 bridgehead atoms. The molecule has 0 spiro atoms. The molecular formula is C21H18F3N3O2. The van der Waals surface area contributed by atoms with E-state index >= 15 is 0 Å². The number of amides is 1. The Morgan fingerprint density at radius 1 is 1.21 bits per heavy atom. The number of nitrogens with zero attached hydrogens (tertiary/aromatic N) is 1. The van der Waals surface area contributed by atoms with Gasteiger partial charge in [-0.1, -0.05) is 18.2 Å². The lowest BCUT2D eigenvalue weighted by atomic mass is 10.1. The van der Waals surface area contributed by atoms with Crippen LogP contribution in [0.5, 0.6) is 0 Å². The molecule has 2 aromatic heterocycles. The van der Waals surface area contributed by atoms with Crippen molar-refractivity contribution in [2.75, 3.05) is 0 Å². The molecule has 5 nitrogen and oxygen atoms in total. The van der Waals surface area contributed by atoms with Crippen molar-refractivity contribution in [2.24, 2.45) is 0 Å². The van der Waals surface area contributed by atoms with Gasteiger partial charge in [0.2, 0.25) is 5.91 Å². The first kappa shape index (κ1) is 19.0. The fraction of sp³-hybridized carbons (Fsp3) is 0.238. The van der Waals surface area contributed by atoms with Gasteiger partial charge in [-0.25, -0.2) is 4.98 Å². The summed E-state index contributed by atoms with van der Waals surface area (Å²) in [5, 5.41) is 3.36. The predicted molar refractivity (Wildman–Crippen MR) is 102 cm³/mol. The predicted octanol–water partition coefficient (Wildman–Crippen LogP) is 5.14. The normalized spacial score (nSPS) is 13.1. The van der Waals surface area contributed by atoms with Gasteiger partial charge in [-0.05, 0) is 37.3 Å². The van der Waals surface area contributed by atoms with E-state index in [9.17, 15) is 18.0 Å². The minimum atomic E-state index is -4.43. The molecule has 4 aromatic rings. The van der Waals surface area contributed by atoms with Crippen LogP contribution >= 0.6 is 0 Å². The van der Waals surface area contributed by atoms with Gasteiger partial charge in [0, 0.05) is 18.2 Å². The number of benzene rings is 2. The van der Waals surface area contributed by atoms with Crippen LogP contribution in [0.3, 0.4) is 0 Å². The summed E-state index contributed by atoms with van der Waals surface area (Å²) in [6, 6.07) is 12.1. The van der Waals surface area contributed by atoms with Crippen molar-refractivity contribution >= 4 is 27.9 Å². The number of aromatic nitrogens is 2. The van der Waals surface area contributed by atoms with Crippen LogP contribution in [0.2, 0.25) is 0 Å². The van der Waals surface area contributed by atoms with Crippen LogP contribution in [0.25, 0.3) is 22.0 Å². The fourth-order valence-electron chi connectivity index (χ4n) is 3.18. The van der Waals surface area contributed by atoms with E-state index in [0.717, 1.165) is 29.0 Å². The Labute approximate surface area is 163 Å². The highest BCUT2D eigenvalue weighted by atomic mass is 19.4. The molecule has 0 aliphatic carbocycles. The monoisotopic (exact) mass is 401 g/mol. The Bertz CT molecular complexity index is 1140. The molecule has 1 amide bonds. The first-order valence-electron chi connectivity index (χ1n) is 9.13. The molecule has 0 fully saturated rings. The number of H-pyrrole nitrogens is 1. The van der Waals surface area contributed by atoms with E-state index in [1.807, 2.05) is 24.3 Å². The molecule has 0 saturated heterocycles. The molecule has 2 aromatic carbocycles. The summed E-state index contributed by atoms with van der Waals surface area (Å²) in [6.45, 7) is 1.72. The Kier molecular flexibility index (Phi) is 4.77. The number of hydrogen-bond acceptors (Lipinski definition) is 3.